The predicted molar refractivity (Wildman–Crippen MR) is 121 cm³/mol. The van der Waals surface area contributed by atoms with Crippen LogP contribution in [0.25, 0.3) is 22.6 Å². The smallest absolute Gasteiger partial charge is 0.261 e. The number of amides is 1. The molecule has 4 rings (SSSR count). The molecule has 4 aromatic rings. The Bertz CT molecular complexity index is 1240. The number of carbonyl (C=O) groups excluding carboxylic acids is 1. The Morgan fingerprint density at radius 3 is 2.59 bits per heavy atom. The van der Waals surface area contributed by atoms with Crippen molar-refractivity contribution in [2.45, 2.75) is 26.3 Å². The highest BCUT2D eigenvalue weighted by Gasteiger charge is 2.18. The number of nitrogens with two attached hydrogens (primary N) is 1. The molecule has 0 spiro atoms. The third-order valence-electron chi connectivity index (χ3n) is 5.37. The van der Waals surface area contributed by atoms with E-state index in [-0.39, 0.29) is 18.4 Å². The molecular weight excluding hydrogens is 406 g/mol. The molecule has 0 fully saturated rings. The van der Waals surface area contributed by atoms with Crippen LogP contribution in [-0.4, -0.2) is 49.8 Å². The van der Waals surface area contributed by atoms with Gasteiger partial charge in [0.1, 0.15) is 12.4 Å². The van der Waals surface area contributed by atoms with Gasteiger partial charge in [0, 0.05) is 38.0 Å². The Balaban J connectivity index is 1.49. The fourth-order valence-electron chi connectivity index (χ4n) is 3.23. The van der Waals surface area contributed by atoms with Gasteiger partial charge >= 0.3 is 0 Å². The summed E-state index contributed by atoms with van der Waals surface area (Å²) in [5, 5.41) is 8.35. The molecule has 0 bridgehead atoms. The minimum atomic E-state index is -0.0572. The number of anilines is 1. The Labute approximate surface area is 185 Å². The molecule has 32 heavy (non-hydrogen) atoms. The zero-order chi connectivity index (χ0) is 22.8. The predicted octanol–water partition coefficient (Wildman–Crippen LogP) is 3.13. The van der Waals surface area contributed by atoms with Gasteiger partial charge in [0.05, 0.1) is 11.8 Å². The number of carbonyl (C=O) groups is 1. The third-order valence-corrected chi connectivity index (χ3v) is 5.37. The van der Waals surface area contributed by atoms with Gasteiger partial charge in [0.2, 0.25) is 5.91 Å². The second-order valence-corrected chi connectivity index (χ2v) is 7.94. The lowest BCUT2D eigenvalue weighted by Crippen LogP contribution is -2.26. The van der Waals surface area contributed by atoms with Crippen molar-refractivity contribution in [1.82, 2.24) is 29.8 Å². The first-order chi connectivity index (χ1) is 15.3. The molecule has 0 aliphatic carbocycles. The highest BCUT2D eigenvalue weighted by atomic mass is 16.5. The zero-order valence-electron chi connectivity index (χ0n) is 18.5. The fourth-order valence-corrected chi connectivity index (χ4v) is 3.23. The number of nitrogen functional groups attached to an aromatic ring is 1. The van der Waals surface area contributed by atoms with Gasteiger partial charge in [0.25, 0.3) is 5.89 Å². The second kappa shape index (κ2) is 8.62. The number of pyridine rings is 1. The van der Waals surface area contributed by atoms with E-state index >= 15 is 0 Å². The molecule has 0 unspecified atom stereocenters. The van der Waals surface area contributed by atoms with Crippen molar-refractivity contribution < 1.29 is 9.32 Å². The van der Waals surface area contributed by atoms with Crippen molar-refractivity contribution in [2.75, 3.05) is 19.8 Å². The second-order valence-electron chi connectivity index (χ2n) is 7.94. The molecule has 1 aromatic carbocycles. The molecule has 3 heterocycles. The Morgan fingerprint density at radius 1 is 1.16 bits per heavy atom. The fraction of sp³-hybridized carbons (Fsp3) is 0.261. The lowest BCUT2D eigenvalue weighted by Gasteiger charge is -2.09. The summed E-state index contributed by atoms with van der Waals surface area (Å²) in [7, 11) is 3.41. The SMILES string of the molecule is Cc1cc(-c2ccc([C@H](C)c3noc(-c4cnn(CC(=O)N(C)C)c4)n3)cc2)cnc1N. The van der Waals surface area contributed by atoms with Crippen LogP contribution in [0.4, 0.5) is 5.82 Å². The van der Waals surface area contributed by atoms with E-state index < -0.39 is 0 Å². The first kappa shape index (κ1) is 21.2. The summed E-state index contributed by atoms with van der Waals surface area (Å²) in [6.45, 7) is 4.12. The van der Waals surface area contributed by atoms with E-state index in [0.717, 1.165) is 22.3 Å². The first-order valence-electron chi connectivity index (χ1n) is 10.2. The van der Waals surface area contributed by atoms with Crippen LogP contribution in [0.2, 0.25) is 0 Å². The van der Waals surface area contributed by atoms with Crippen molar-refractivity contribution in [3.63, 3.8) is 0 Å². The number of likely N-dealkylation sites (N-methyl/N-ethyl adjacent to an activating group) is 1. The lowest BCUT2D eigenvalue weighted by molar-refractivity contribution is -0.129. The van der Waals surface area contributed by atoms with E-state index in [0.29, 0.717) is 23.1 Å². The van der Waals surface area contributed by atoms with Crippen LogP contribution in [0, 0.1) is 6.92 Å². The molecule has 164 valence electrons. The van der Waals surface area contributed by atoms with E-state index in [1.54, 1.807) is 37.4 Å². The average molecular weight is 432 g/mol. The highest BCUT2D eigenvalue weighted by Crippen LogP contribution is 2.28. The van der Waals surface area contributed by atoms with Crippen LogP contribution in [0.15, 0.2) is 53.4 Å². The molecule has 0 radical (unpaired) electrons. The molecule has 0 saturated heterocycles. The number of hydrogen-bond acceptors (Lipinski definition) is 7. The van der Waals surface area contributed by atoms with Gasteiger partial charge in [-0.05, 0) is 29.7 Å². The third kappa shape index (κ3) is 4.36. The standard InChI is InChI=1S/C23H25N7O2/c1-14-9-18(10-25-21(14)24)17-7-5-16(6-8-17)15(2)22-27-23(32-28-22)19-11-26-30(12-19)13-20(31)29(3)4/h5-12,15H,13H2,1-4H3,(H2,24,25)/t15-/m0/s1. The maximum atomic E-state index is 11.9. The maximum absolute atomic E-state index is 11.9. The van der Waals surface area contributed by atoms with Crippen molar-refractivity contribution in [1.29, 1.82) is 0 Å². The van der Waals surface area contributed by atoms with E-state index in [1.807, 2.05) is 44.2 Å². The molecule has 0 aliphatic rings. The molecule has 9 heteroatoms. The van der Waals surface area contributed by atoms with Gasteiger partial charge in [-0.25, -0.2) is 4.98 Å². The Morgan fingerprint density at radius 2 is 1.91 bits per heavy atom. The van der Waals surface area contributed by atoms with Crippen LogP contribution < -0.4 is 5.73 Å². The van der Waals surface area contributed by atoms with Crippen LogP contribution in [0.3, 0.4) is 0 Å². The summed E-state index contributed by atoms with van der Waals surface area (Å²) in [4.78, 5) is 22.1. The van der Waals surface area contributed by atoms with Gasteiger partial charge in [-0.3, -0.25) is 9.48 Å². The minimum absolute atomic E-state index is 0.0483. The van der Waals surface area contributed by atoms with Crippen molar-refractivity contribution in [3.05, 3.63) is 65.9 Å². The summed E-state index contributed by atoms with van der Waals surface area (Å²) >= 11 is 0. The molecule has 0 saturated carbocycles. The maximum Gasteiger partial charge on any atom is 0.261 e. The summed E-state index contributed by atoms with van der Waals surface area (Å²) in [6, 6.07) is 10.2. The van der Waals surface area contributed by atoms with Crippen LogP contribution in [0.1, 0.15) is 29.8 Å². The van der Waals surface area contributed by atoms with Crippen LogP contribution in [0.5, 0.6) is 0 Å². The molecular formula is C23H25N7O2. The van der Waals surface area contributed by atoms with E-state index in [2.05, 4.69) is 20.2 Å². The highest BCUT2D eigenvalue weighted by molar-refractivity contribution is 5.75. The molecule has 1 atom stereocenters. The monoisotopic (exact) mass is 431 g/mol. The number of nitrogens with zero attached hydrogens (tertiary/aromatic N) is 6. The molecule has 9 nitrogen and oxygen atoms in total. The average Bonchev–Trinajstić information content (AvgIpc) is 3.45. The van der Waals surface area contributed by atoms with Gasteiger partial charge in [-0.2, -0.15) is 10.1 Å². The quantitative estimate of drug-likeness (QED) is 0.498. The number of hydrogen-bond donors (Lipinski definition) is 1. The van der Waals surface area contributed by atoms with Crippen molar-refractivity contribution in [2.24, 2.45) is 0 Å². The number of benzene rings is 1. The van der Waals surface area contributed by atoms with Crippen molar-refractivity contribution in [3.8, 4) is 22.6 Å². The normalized spacial score (nSPS) is 12.0. The molecule has 0 aliphatic heterocycles. The Hall–Kier alpha value is -4.01. The number of aryl methyl sites for hydroxylation is 1. The number of rotatable bonds is 6. The molecule has 2 N–H and O–H groups in total. The summed E-state index contributed by atoms with van der Waals surface area (Å²) in [5.74, 6) is 1.39. The van der Waals surface area contributed by atoms with E-state index in [9.17, 15) is 4.79 Å². The van der Waals surface area contributed by atoms with E-state index in [4.69, 9.17) is 10.3 Å². The van der Waals surface area contributed by atoms with Crippen LogP contribution in [-0.2, 0) is 11.3 Å². The van der Waals surface area contributed by atoms with Crippen molar-refractivity contribution >= 4 is 11.7 Å². The zero-order valence-corrected chi connectivity index (χ0v) is 18.5. The number of aromatic nitrogens is 5. The lowest BCUT2D eigenvalue weighted by atomic mass is 9.97. The summed E-state index contributed by atoms with van der Waals surface area (Å²) in [5.41, 5.74) is 10.6. The largest absolute Gasteiger partial charge is 0.383 e. The van der Waals surface area contributed by atoms with E-state index in [1.165, 1.54) is 4.90 Å². The van der Waals surface area contributed by atoms with Gasteiger partial charge < -0.3 is 15.2 Å². The molecule has 1 amide bonds. The topological polar surface area (TPSA) is 116 Å². The summed E-state index contributed by atoms with van der Waals surface area (Å²) in [6.07, 6.45) is 5.11. The molecule has 3 aromatic heterocycles. The van der Waals surface area contributed by atoms with Gasteiger partial charge in [0.15, 0.2) is 5.82 Å². The van der Waals surface area contributed by atoms with Crippen LogP contribution >= 0.6 is 0 Å². The van der Waals surface area contributed by atoms with Gasteiger partial charge in [-0.1, -0.05) is 36.3 Å². The Kier molecular flexibility index (Phi) is 5.72. The summed E-state index contributed by atoms with van der Waals surface area (Å²) < 4.78 is 7.00. The first-order valence-corrected chi connectivity index (χ1v) is 10.2. The van der Waals surface area contributed by atoms with Gasteiger partial charge in [-0.15, -0.1) is 0 Å². The minimum Gasteiger partial charge on any atom is -0.383 e.